The SMILES string of the molecule is COc1ccccc1-c1ccc(/C=C(\NC(=O)c2ccccc2)C(=O)Nc2ccc(SCC(=O)NCc3ccc4c(c3)OCO4)cc2)o1. The van der Waals surface area contributed by atoms with Gasteiger partial charge >= 0.3 is 0 Å². The zero-order valence-corrected chi connectivity index (χ0v) is 26.7. The molecule has 1 aliphatic heterocycles. The third-order valence-electron chi connectivity index (χ3n) is 7.22. The number of hydrogen-bond acceptors (Lipinski definition) is 8. The van der Waals surface area contributed by atoms with Gasteiger partial charge in [-0.2, -0.15) is 0 Å². The molecule has 48 heavy (non-hydrogen) atoms. The lowest BCUT2D eigenvalue weighted by Crippen LogP contribution is -2.30. The molecule has 0 saturated heterocycles. The van der Waals surface area contributed by atoms with Crippen LogP contribution in [-0.4, -0.2) is 37.4 Å². The molecule has 3 N–H and O–H groups in total. The van der Waals surface area contributed by atoms with E-state index < -0.39 is 11.8 Å². The summed E-state index contributed by atoms with van der Waals surface area (Å²) in [5.74, 6) is 2.01. The third kappa shape index (κ3) is 8.06. The molecule has 10 nitrogen and oxygen atoms in total. The Labute approximate surface area is 281 Å². The van der Waals surface area contributed by atoms with Crippen LogP contribution in [-0.2, 0) is 16.1 Å². The van der Waals surface area contributed by atoms with Crippen molar-refractivity contribution in [3.8, 4) is 28.6 Å². The van der Waals surface area contributed by atoms with E-state index in [0.29, 0.717) is 46.6 Å². The van der Waals surface area contributed by atoms with Gasteiger partial charge in [0.1, 0.15) is 23.0 Å². The average Bonchev–Trinajstić information content (AvgIpc) is 3.80. The second-order valence-corrected chi connectivity index (χ2v) is 11.6. The van der Waals surface area contributed by atoms with E-state index >= 15 is 0 Å². The Kier molecular flexibility index (Phi) is 10.1. The minimum atomic E-state index is -0.544. The number of hydrogen-bond donors (Lipinski definition) is 3. The second-order valence-electron chi connectivity index (χ2n) is 10.5. The van der Waals surface area contributed by atoms with E-state index in [-0.39, 0.29) is 24.2 Å². The lowest BCUT2D eigenvalue weighted by Gasteiger charge is -2.11. The number of fused-ring (bicyclic) bond motifs is 1. The second kappa shape index (κ2) is 15.1. The lowest BCUT2D eigenvalue weighted by molar-refractivity contribution is -0.118. The Morgan fingerprint density at radius 3 is 2.44 bits per heavy atom. The van der Waals surface area contributed by atoms with Gasteiger partial charge in [-0.05, 0) is 78.4 Å². The van der Waals surface area contributed by atoms with Gasteiger partial charge in [-0.1, -0.05) is 36.4 Å². The lowest BCUT2D eigenvalue weighted by atomic mass is 10.1. The van der Waals surface area contributed by atoms with Crippen LogP contribution in [0.3, 0.4) is 0 Å². The highest BCUT2D eigenvalue weighted by molar-refractivity contribution is 8.00. The van der Waals surface area contributed by atoms with Crippen molar-refractivity contribution >= 4 is 41.2 Å². The molecule has 4 aromatic carbocycles. The van der Waals surface area contributed by atoms with Crippen LogP contribution in [0.2, 0.25) is 0 Å². The van der Waals surface area contributed by atoms with Crippen LogP contribution >= 0.6 is 11.8 Å². The summed E-state index contributed by atoms with van der Waals surface area (Å²) in [5.41, 5.74) is 2.55. The fraction of sp³-hybridized carbons (Fsp3) is 0.108. The summed E-state index contributed by atoms with van der Waals surface area (Å²) in [7, 11) is 1.58. The molecular formula is C37H31N3O7S. The first kappa shape index (κ1) is 32.0. The van der Waals surface area contributed by atoms with Gasteiger partial charge in [0.25, 0.3) is 11.8 Å². The maximum absolute atomic E-state index is 13.5. The average molecular weight is 662 g/mol. The molecular weight excluding hydrogens is 630 g/mol. The molecule has 0 fully saturated rings. The predicted molar refractivity (Wildman–Crippen MR) is 183 cm³/mol. The fourth-order valence-electron chi connectivity index (χ4n) is 4.79. The van der Waals surface area contributed by atoms with Gasteiger partial charge in [0.05, 0.1) is 18.4 Å². The van der Waals surface area contributed by atoms with Gasteiger partial charge in [0.15, 0.2) is 11.5 Å². The summed E-state index contributed by atoms with van der Waals surface area (Å²) in [6.45, 7) is 0.571. The highest BCUT2D eigenvalue weighted by atomic mass is 32.2. The van der Waals surface area contributed by atoms with Crippen molar-refractivity contribution in [1.29, 1.82) is 0 Å². The van der Waals surface area contributed by atoms with Crippen molar-refractivity contribution in [3.63, 3.8) is 0 Å². The third-order valence-corrected chi connectivity index (χ3v) is 8.24. The smallest absolute Gasteiger partial charge is 0.272 e. The van der Waals surface area contributed by atoms with Crippen molar-refractivity contribution in [2.45, 2.75) is 11.4 Å². The van der Waals surface area contributed by atoms with Crippen molar-refractivity contribution in [2.75, 3.05) is 25.0 Å². The van der Waals surface area contributed by atoms with E-state index in [1.807, 2.05) is 54.6 Å². The number of benzene rings is 4. The van der Waals surface area contributed by atoms with Gasteiger partial charge in [0.2, 0.25) is 12.7 Å². The van der Waals surface area contributed by atoms with Crippen LogP contribution in [0.25, 0.3) is 17.4 Å². The molecule has 1 aromatic heterocycles. The maximum Gasteiger partial charge on any atom is 0.272 e. The number of thioether (sulfide) groups is 1. The Morgan fingerprint density at radius 1 is 0.854 bits per heavy atom. The Morgan fingerprint density at radius 2 is 1.62 bits per heavy atom. The van der Waals surface area contributed by atoms with Crippen molar-refractivity contribution in [1.82, 2.24) is 10.6 Å². The molecule has 2 heterocycles. The molecule has 6 rings (SSSR count). The molecule has 0 radical (unpaired) electrons. The standard InChI is InChI=1S/C37H31N3O7S/c1-44-31-10-6-5-9-29(31)32-18-14-27(47-32)20-30(40-36(42)25-7-3-2-4-8-25)37(43)39-26-12-15-28(16-13-26)48-22-35(41)38-21-24-11-17-33-34(19-24)46-23-45-33/h2-20H,21-23H2,1H3,(H,38,41)(H,39,43)(H,40,42)/b30-20-. The quantitative estimate of drug-likeness (QED) is 0.102. The van der Waals surface area contributed by atoms with E-state index in [9.17, 15) is 14.4 Å². The molecule has 0 spiro atoms. The number of para-hydroxylation sites is 1. The number of carbonyl (C=O) groups excluding carboxylic acids is 3. The van der Waals surface area contributed by atoms with Gasteiger partial charge in [-0.3, -0.25) is 14.4 Å². The van der Waals surface area contributed by atoms with E-state index in [1.54, 1.807) is 61.7 Å². The van der Waals surface area contributed by atoms with Crippen LogP contribution in [0.5, 0.6) is 17.2 Å². The summed E-state index contributed by atoms with van der Waals surface area (Å²) < 4.78 is 22.2. The number of ether oxygens (including phenoxy) is 3. The molecule has 5 aromatic rings. The largest absolute Gasteiger partial charge is 0.496 e. The van der Waals surface area contributed by atoms with E-state index in [4.69, 9.17) is 18.6 Å². The monoisotopic (exact) mass is 661 g/mol. The molecule has 0 unspecified atom stereocenters. The highest BCUT2D eigenvalue weighted by Crippen LogP contribution is 2.33. The normalized spacial score (nSPS) is 11.9. The van der Waals surface area contributed by atoms with Crippen LogP contribution < -0.4 is 30.2 Å². The molecule has 0 bridgehead atoms. The molecule has 242 valence electrons. The van der Waals surface area contributed by atoms with E-state index in [1.165, 1.54) is 17.8 Å². The molecule has 1 aliphatic rings. The van der Waals surface area contributed by atoms with Crippen LogP contribution in [0.15, 0.2) is 124 Å². The van der Waals surface area contributed by atoms with Gasteiger partial charge < -0.3 is 34.6 Å². The first-order chi connectivity index (χ1) is 23.4. The first-order valence-corrected chi connectivity index (χ1v) is 15.9. The summed E-state index contributed by atoms with van der Waals surface area (Å²) in [6.07, 6.45) is 1.47. The highest BCUT2D eigenvalue weighted by Gasteiger charge is 2.18. The predicted octanol–water partition coefficient (Wildman–Crippen LogP) is 6.50. The van der Waals surface area contributed by atoms with Crippen LogP contribution in [0.1, 0.15) is 21.7 Å². The van der Waals surface area contributed by atoms with Crippen molar-refractivity contribution < 1.29 is 33.0 Å². The van der Waals surface area contributed by atoms with Gasteiger partial charge in [-0.25, -0.2) is 0 Å². The number of nitrogens with one attached hydrogen (secondary N) is 3. The van der Waals surface area contributed by atoms with Gasteiger partial charge in [0, 0.05) is 28.8 Å². The minimum absolute atomic E-state index is 0.0117. The maximum atomic E-state index is 13.5. The van der Waals surface area contributed by atoms with E-state index in [2.05, 4.69) is 16.0 Å². The fourth-order valence-corrected chi connectivity index (χ4v) is 5.52. The van der Waals surface area contributed by atoms with Crippen molar-refractivity contribution in [3.05, 3.63) is 132 Å². The summed E-state index contributed by atoms with van der Waals surface area (Å²) in [5, 5.41) is 8.46. The number of anilines is 1. The Bertz CT molecular complexity index is 1960. The Hall–Kier alpha value is -5.94. The summed E-state index contributed by atoms with van der Waals surface area (Å²) in [6, 6.07) is 32.2. The number of rotatable bonds is 12. The van der Waals surface area contributed by atoms with Crippen LogP contribution in [0, 0.1) is 0 Å². The van der Waals surface area contributed by atoms with E-state index in [0.717, 1.165) is 16.0 Å². The van der Waals surface area contributed by atoms with Gasteiger partial charge in [-0.15, -0.1) is 11.8 Å². The topological polar surface area (TPSA) is 128 Å². The Balaban J connectivity index is 1.09. The van der Waals surface area contributed by atoms with Crippen molar-refractivity contribution in [2.24, 2.45) is 0 Å². The number of amides is 3. The number of furan rings is 1. The molecule has 0 atom stereocenters. The molecule has 0 aliphatic carbocycles. The van der Waals surface area contributed by atoms with Crippen LogP contribution in [0.4, 0.5) is 5.69 Å². The first-order valence-electron chi connectivity index (χ1n) is 15.0. The number of carbonyl (C=O) groups is 3. The molecule has 0 saturated carbocycles. The minimum Gasteiger partial charge on any atom is -0.496 e. The number of methoxy groups -OCH3 is 1. The molecule has 3 amide bonds. The zero-order valence-electron chi connectivity index (χ0n) is 25.9. The molecule has 11 heteroatoms. The summed E-state index contributed by atoms with van der Waals surface area (Å²) in [4.78, 5) is 39.8. The summed E-state index contributed by atoms with van der Waals surface area (Å²) >= 11 is 1.37. The zero-order chi connectivity index (χ0) is 33.3.